The third-order valence-electron chi connectivity index (χ3n) is 3.96. The summed E-state index contributed by atoms with van der Waals surface area (Å²) in [6, 6.07) is 5.10. The Morgan fingerprint density at radius 2 is 1.88 bits per heavy atom. The average molecular weight is 380 g/mol. The zero-order valence-electron chi connectivity index (χ0n) is 15.4. The Kier molecular flexibility index (Phi) is 6.64. The minimum atomic E-state index is -0.438. The maximum Gasteiger partial charge on any atom is 0.253 e. The van der Waals surface area contributed by atoms with E-state index in [2.05, 4.69) is 16.0 Å². The number of amides is 3. The molecule has 0 unspecified atom stereocenters. The number of anilines is 1. The molecule has 1 aromatic carbocycles. The highest BCUT2D eigenvalue weighted by Gasteiger charge is 2.24. The minimum Gasteiger partial charge on any atom is -0.356 e. The van der Waals surface area contributed by atoms with E-state index in [-0.39, 0.29) is 30.2 Å². The summed E-state index contributed by atoms with van der Waals surface area (Å²) in [6.45, 7) is 5.97. The van der Waals surface area contributed by atoms with Gasteiger partial charge in [0.25, 0.3) is 5.91 Å². The SMILES string of the molecule is CC(C)(C)C(=O)NCCCC(=O)Nc1ccc(C(=O)NC2CC2)c(Cl)c1. The highest BCUT2D eigenvalue weighted by Crippen LogP contribution is 2.24. The summed E-state index contributed by atoms with van der Waals surface area (Å²) in [5.74, 6) is -0.393. The number of nitrogens with one attached hydrogen (secondary N) is 3. The molecule has 0 aromatic heterocycles. The fourth-order valence-corrected chi connectivity index (χ4v) is 2.47. The van der Waals surface area contributed by atoms with Crippen molar-refractivity contribution in [1.29, 1.82) is 0 Å². The number of halogens is 1. The first-order chi connectivity index (χ1) is 12.2. The molecule has 6 nitrogen and oxygen atoms in total. The second-order valence-corrected chi connectivity index (χ2v) is 8.01. The van der Waals surface area contributed by atoms with E-state index in [0.717, 1.165) is 12.8 Å². The average Bonchev–Trinajstić information content (AvgIpc) is 3.34. The minimum absolute atomic E-state index is 0.0373. The van der Waals surface area contributed by atoms with Gasteiger partial charge in [0, 0.05) is 30.1 Å². The molecule has 0 spiro atoms. The maximum atomic E-state index is 12.0. The van der Waals surface area contributed by atoms with Gasteiger partial charge in [-0.2, -0.15) is 0 Å². The van der Waals surface area contributed by atoms with Crippen LogP contribution >= 0.6 is 11.6 Å². The second kappa shape index (κ2) is 8.54. The van der Waals surface area contributed by atoms with Gasteiger partial charge in [0.15, 0.2) is 0 Å². The van der Waals surface area contributed by atoms with Crippen molar-refractivity contribution in [2.75, 3.05) is 11.9 Å². The highest BCUT2D eigenvalue weighted by molar-refractivity contribution is 6.34. The van der Waals surface area contributed by atoms with Crippen LogP contribution in [-0.4, -0.2) is 30.3 Å². The van der Waals surface area contributed by atoms with Crippen molar-refractivity contribution in [1.82, 2.24) is 10.6 Å². The Hall–Kier alpha value is -2.08. The van der Waals surface area contributed by atoms with E-state index >= 15 is 0 Å². The molecule has 1 saturated carbocycles. The van der Waals surface area contributed by atoms with Crippen molar-refractivity contribution in [2.45, 2.75) is 52.5 Å². The van der Waals surface area contributed by atoms with Gasteiger partial charge in [-0.15, -0.1) is 0 Å². The van der Waals surface area contributed by atoms with Crippen LogP contribution in [0.2, 0.25) is 5.02 Å². The highest BCUT2D eigenvalue weighted by atomic mass is 35.5. The summed E-state index contributed by atoms with van der Waals surface area (Å²) in [5, 5.41) is 8.74. The lowest BCUT2D eigenvalue weighted by Gasteiger charge is -2.17. The zero-order valence-corrected chi connectivity index (χ0v) is 16.2. The van der Waals surface area contributed by atoms with Gasteiger partial charge in [-0.05, 0) is 37.5 Å². The molecule has 1 aliphatic carbocycles. The first-order valence-corrected chi connectivity index (χ1v) is 9.23. The first kappa shape index (κ1) is 20.2. The lowest BCUT2D eigenvalue weighted by atomic mass is 9.96. The zero-order chi connectivity index (χ0) is 19.3. The lowest BCUT2D eigenvalue weighted by molar-refractivity contribution is -0.128. The van der Waals surface area contributed by atoms with Crippen molar-refractivity contribution in [3.8, 4) is 0 Å². The molecule has 7 heteroatoms. The van der Waals surface area contributed by atoms with Crippen molar-refractivity contribution < 1.29 is 14.4 Å². The summed E-state index contributed by atoms with van der Waals surface area (Å²) in [7, 11) is 0. The molecule has 0 aliphatic heterocycles. The Morgan fingerprint density at radius 1 is 1.19 bits per heavy atom. The molecular formula is C19H26ClN3O3. The number of benzene rings is 1. The molecule has 0 bridgehead atoms. The number of hydrogen-bond donors (Lipinski definition) is 3. The third-order valence-corrected chi connectivity index (χ3v) is 4.27. The molecule has 1 aromatic rings. The summed E-state index contributed by atoms with van der Waals surface area (Å²) < 4.78 is 0. The van der Waals surface area contributed by atoms with Gasteiger partial charge in [0.05, 0.1) is 10.6 Å². The van der Waals surface area contributed by atoms with Gasteiger partial charge in [0.2, 0.25) is 11.8 Å². The molecule has 0 heterocycles. The van der Waals surface area contributed by atoms with Gasteiger partial charge in [-0.3, -0.25) is 14.4 Å². The number of carbonyl (C=O) groups excluding carboxylic acids is 3. The molecule has 1 aliphatic rings. The van der Waals surface area contributed by atoms with E-state index in [1.54, 1.807) is 18.2 Å². The predicted octanol–water partition coefficient (Wildman–Crippen LogP) is 3.11. The Morgan fingerprint density at radius 3 is 2.46 bits per heavy atom. The van der Waals surface area contributed by atoms with E-state index in [0.29, 0.717) is 29.2 Å². The van der Waals surface area contributed by atoms with E-state index in [1.807, 2.05) is 20.8 Å². The van der Waals surface area contributed by atoms with Crippen LogP contribution in [0, 0.1) is 5.41 Å². The molecule has 3 amide bonds. The molecule has 0 saturated heterocycles. The summed E-state index contributed by atoms with van der Waals surface area (Å²) in [6.07, 6.45) is 2.84. The van der Waals surface area contributed by atoms with Gasteiger partial charge >= 0.3 is 0 Å². The molecule has 142 valence electrons. The van der Waals surface area contributed by atoms with Crippen LogP contribution in [0.1, 0.15) is 56.8 Å². The standard InChI is InChI=1S/C19H26ClN3O3/c1-19(2,3)18(26)21-10-4-5-16(24)22-13-8-9-14(15(20)11-13)17(25)23-12-6-7-12/h8-9,11-12H,4-7,10H2,1-3H3,(H,21,26)(H,22,24)(H,23,25). The normalized spacial score (nSPS) is 13.8. The number of carbonyl (C=O) groups is 3. The van der Waals surface area contributed by atoms with E-state index in [9.17, 15) is 14.4 Å². The number of rotatable bonds is 7. The topological polar surface area (TPSA) is 87.3 Å². The van der Waals surface area contributed by atoms with Crippen LogP contribution in [-0.2, 0) is 9.59 Å². The van der Waals surface area contributed by atoms with Gasteiger partial charge in [0.1, 0.15) is 0 Å². The van der Waals surface area contributed by atoms with Crippen LogP contribution in [0.4, 0.5) is 5.69 Å². The molecule has 1 fully saturated rings. The summed E-state index contributed by atoms with van der Waals surface area (Å²) >= 11 is 6.16. The fraction of sp³-hybridized carbons (Fsp3) is 0.526. The molecule has 0 radical (unpaired) electrons. The van der Waals surface area contributed by atoms with Gasteiger partial charge < -0.3 is 16.0 Å². The Bertz CT molecular complexity index is 694. The van der Waals surface area contributed by atoms with Gasteiger partial charge in [-0.1, -0.05) is 32.4 Å². The van der Waals surface area contributed by atoms with E-state index in [4.69, 9.17) is 11.6 Å². The van der Waals surface area contributed by atoms with Crippen molar-refractivity contribution in [3.63, 3.8) is 0 Å². The fourth-order valence-electron chi connectivity index (χ4n) is 2.21. The smallest absolute Gasteiger partial charge is 0.253 e. The van der Waals surface area contributed by atoms with Gasteiger partial charge in [-0.25, -0.2) is 0 Å². The molecule has 26 heavy (non-hydrogen) atoms. The van der Waals surface area contributed by atoms with Crippen molar-refractivity contribution in [2.24, 2.45) is 5.41 Å². The Labute approximate surface area is 159 Å². The molecule has 2 rings (SSSR count). The van der Waals surface area contributed by atoms with Crippen LogP contribution in [0.5, 0.6) is 0 Å². The summed E-state index contributed by atoms with van der Waals surface area (Å²) in [5.41, 5.74) is 0.509. The van der Waals surface area contributed by atoms with Crippen LogP contribution in [0.25, 0.3) is 0 Å². The van der Waals surface area contributed by atoms with Crippen LogP contribution < -0.4 is 16.0 Å². The Balaban J connectivity index is 1.77. The molecule has 3 N–H and O–H groups in total. The van der Waals surface area contributed by atoms with Crippen molar-refractivity contribution >= 4 is 35.0 Å². The maximum absolute atomic E-state index is 12.0. The predicted molar refractivity (Wildman–Crippen MR) is 102 cm³/mol. The second-order valence-electron chi connectivity index (χ2n) is 7.60. The summed E-state index contributed by atoms with van der Waals surface area (Å²) in [4.78, 5) is 35.8. The van der Waals surface area contributed by atoms with Crippen LogP contribution in [0.3, 0.4) is 0 Å². The third kappa shape index (κ3) is 6.33. The van der Waals surface area contributed by atoms with Crippen LogP contribution in [0.15, 0.2) is 18.2 Å². The molecular weight excluding hydrogens is 354 g/mol. The largest absolute Gasteiger partial charge is 0.356 e. The van der Waals surface area contributed by atoms with Crippen molar-refractivity contribution in [3.05, 3.63) is 28.8 Å². The quantitative estimate of drug-likeness (QED) is 0.636. The number of hydrogen-bond acceptors (Lipinski definition) is 3. The monoisotopic (exact) mass is 379 g/mol. The lowest BCUT2D eigenvalue weighted by Crippen LogP contribution is -2.35. The molecule has 0 atom stereocenters. The first-order valence-electron chi connectivity index (χ1n) is 8.85. The van der Waals surface area contributed by atoms with E-state index in [1.165, 1.54) is 0 Å². The van der Waals surface area contributed by atoms with E-state index < -0.39 is 5.41 Å².